The van der Waals surface area contributed by atoms with E-state index in [0.717, 1.165) is 24.9 Å². The lowest BCUT2D eigenvalue weighted by Crippen LogP contribution is -2.61. The molecule has 2 bridgehead atoms. The van der Waals surface area contributed by atoms with Gasteiger partial charge in [-0.2, -0.15) is 17.0 Å². The molecule has 32 heavy (non-hydrogen) atoms. The van der Waals surface area contributed by atoms with Crippen LogP contribution in [0.2, 0.25) is 5.02 Å². The van der Waals surface area contributed by atoms with Gasteiger partial charge in [0.15, 0.2) is 0 Å². The molecule has 4 rings (SSSR count). The minimum atomic E-state index is -3.56. The van der Waals surface area contributed by atoms with Crippen LogP contribution in [0, 0.1) is 0 Å². The summed E-state index contributed by atoms with van der Waals surface area (Å²) in [6.45, 7) is 4.26. The molecular weight excluding hydrogens is 456 g/mol. The Morgan fingerprint density at radius 2 is 1.62 bits per heavy atom. The third kappa shape index (κ3) is 5.21. The average molecular weight is 487 g/mol. The van der Waals surface area contributed by atoms with E-state index in [0.29, 0.717) is 50.9 Å². The fourth-order valence-electron chi connectivity index (χ4n) is 4.77. The van der Waals surface area contributed by atoms with E-state index in [9.17, 15) is 13.2 Å². The van der Waals surface area contributed by atoms with E-state index in [-0.39, 0.29) is 24.8 Å². The SMILES string of the molecule is COCCOC(=O)N1[C@@H]2CC[C@H]1CN(S(=O)(=O)N1CCN(Cc3ccc(Cl)cc3)CC1)C2. The second-order valence-corrected chi connectivity index (χ2v) is 10.9. The summed E-state index contributed by atoms with van der Waals surface area (Å²) in [5, 5.41) is 0.710. The van der Waals surface area contributed by atoms with E-state index < -0.39 is 10.2 Å². The van der Waals surface area contributed by atoms with Gasteiger partial charge in [-0.3, -0.25) is 9.80 Å². The van der Waals surface area contributed by atoms with Gasteiger partial charge in [-0.25, -0.2) is 4.79 Å². The van der Waals surface area contributed by atoms with Crippen LogP contribution in [0.15, 0.2) is 24.3 Å². The van der Waals surface area contributed by atoms with Gasteiger partial charge in [-0.15, -0.1) is 0 Å². The smallest absolute Gasteiger partial charge is 0.410 e. The molecule has 11 heteroatoms. The molecule has 1 amide bonds. The normalized spacial score (nSPS) is 25.2. The van der Waals surface area contributed by atoms with Crippen molar-refractivity contribution in [3.8, 4) is 0 Å². The molecule has 3 fully saturated rings. The Morgan fingerprint density at radius 1 is 1.00 bits per heavy atom. The van der Waals surface area contributed by atoms with Crippen LogP contribution in [-0.4, -0.2) is 105 Å². The topological polar surface area (TPSA) is 82.6 Å². The van der Waals surface area contributed by atoms with Crippen molar-refractivity contribution in [3.05, 3.63) is 34.9 Å². The monoisotopic (exact) mass is 486 g/mol. The first-order chi connectivity index (χ1) is 15.4. The van der Waals surface area contributed by atoms with Crippen molar-refractivity contribution in [1.29, 1.82) is 0 Å². The number of fused-ring (bicyclic) bond motifs is 2. The molecule has 0 aromatic heterocycles. The largest absolute Gasteiger partial charge is 0.447 e. The summed E-state index contributed by atoms with van der Waals surface area (Å²) in [6.07, 6.45) is 1.22. The molecule has 0 saturated carbocycles. The van der Waals surface area contributed by atoms with Crippen molar-refractivity contribution in [3.63, 3.8) is 0 Å². The summed E-state index contributed by atoms with van der Waals surface area (Å²) in [4.78, 5) is 16.4. The van der Waals surface area contributed by atoms with Gasteiger partial charge in [0.2, 0.25) is 0 Å². The van der Waals surface area contributed by atoms with Crippen molar-refractivity contribution in [1.82, 2.24) is 18.4 Å². The Bertz CT molecular complexity index is 878. The highest BCUT2D eigenvalue weighted by atomic mass is 35.5. The number of methoxy groups -OCH3 is 1. The Kier molecular flexibility index (Phi) is 7.58. The number of piperazine rings is 2. The van der Waals surface area contributed by atoms with E-state index in [4.69, 9.17) is 21.1 Å². The number of rotatable bonds is 7. The van der Waals surface area contributed by atoms with Gasteiger partial charge in [-0.05, 0) is 30.5 Å². The maximum absolute atomic E-state index is 13.3. The summed E-state index contributed by atoms with van der Waals surface area (Å²) in [5.41, 5.74) is 1.16. The van der Waals surface area contributed by atoms with Gasteiger partial charge in [0.05, 0.1) is 6.61 Å². The number of carbonyl (C=O) groups excluding carboxylic acids is 1. The lowest BCUT2D eigenvalue weighted by Gasteiger charge is -2.42. The molecule has 3 saturated heterocycles. The standard InChI is InChI=1S/C21H31ClN4O5S/c1-30-12-13-31-21(27)26-19-6-7-20(26)16-25(15-19)32(28,29)24-10-8-23(9-11-24)14-17-2-4-18(22)5-3-17/h2-5,19-20H,6-16H2,1H3/t19-,20+. The maximum atomic E-state index is 13.3. The van der Waals surface area contributed by atoms with Gasteiger partial charge in [0, 0.05) is 70.0 Å². The van der Waals surface area contributed by atoms with Crippen molar-refractivity contribution in [2.24, 2.45) is 0 Å². The lowest BCUT2D eigenvalue weighted by atomic mass is 10.2. The maximum Gasteiger partial charge on any atom is 0.410 e. The first-order valence-electron chi connectivity index (χ1n) is 11.0. The van der Waals surface area contributed by atoms with Crippen molar-refractivity contribution >= 4 is 27.9 Å². The molecule has 0 radical (unpaired) electrons. The number of ether oxygens (including phenoxy) is 2. The quantitative estimate of drug-likeness (QED) is 0.545. The van der Waals surface area contributed by atoms with Gasteiger partial charge in [-0.1, -0.05) is 23.7 Å². The van der Waals surface area contributed by atoms with Crippen LogP contribution in [-0.2, 0) is 26.2 Å². The van der Waals surface area contributed by atoms with Crippen LogP contribution >= 0.6 is 11.6 Å². The molecule has 3 aliphatic heterocycles. The minimum Gasteiger partial charge on any atom is -0.447 e. The number of hydrogen-bond donors (Lipinski definition) is 0. The summed E-state index contributed by atoms with van der Waals surface area (Å²) < 4.78 is 40.0. The number of hydrogen-bond acceptors (Lipinski definition) is 6. The van der Waals surface area contributed by atoms with Gasteiger partial charge in [0.25, 0.3) is 10.2 Å². The molecule has 0 unspecified atom stereocenters. The van der Waals surface area contributed by atoms with Crippen molar-refractivity contribution in [2.45, 2.75) is 31.5 Å². The highest BCUT2D eigenvalue weighted by Gasteiger charge is 2.47. The van der Waals surface area contributed by atoms with Crippen LogP contribution < -0.4 is 0 Å². The predicted octanol–water partition coefficient (Wildman–Crippen LogP) is 1.63. The third-order valence-electron chi connectivity index (χ3n) is 6.48. The number of benzene rings is 1. The molecule has 0 spiro atoms. The molecule has 0 N–H and O–H groups in total. The number of amides is 1. The summed E-state index contributed by atoms with van der Waals surface area (Å²) in [5.74, 6) is 0. The van der Waals surface area contributed by atoms with Crippen LogP contribution in [0.4, 0.5) is 4.79 Å². The fraction of sp³-hybridized carbons (Fsp3) is 0.667. The Morgan fingerprint density at radius 3 is 2.22 bits per heavy atom. The van der Waals surface area contributed by atoms with E-state index in [1.54, 1.807) is 20.6 Å². The fourth-order valence-corrected chi connectivity index (χ4v) is 6.57. The van der Waals surface area contributed by atoms with E-state index >= 15 is 0 Å². The molecule has 3 aliphatic rings. The van der Waals surface area contributed by atoms with Crippen molar-refractivity contribution < 1.29 is 22.7 Å². The molecule has 2 atom stereocenters. The molecular formula is C21H31ClN4O5S. The van der Waals surface area contributed by atoms with Crippen molar-refractivity contribution in [2.75, 3.05) is 59.6 Å². The molecule has 0 aliphatic carbocycles. The zero-order chi connectivity index (χ0) is 22.7. The molecule has 1 aromatic carbocycles. The van der Waals surface area contributed by atoms with Crippen LogP contribution in [0.25, 0.3) is 0 Å². The number of halogens is 1. The van der Waals surface area contributed by atoms with E-state index in [2.05, 4.69) is 4.90 Å². The second kappa shape index (κ2) is 10.2. The molecule has 3 heterocycles. The molecule has 9 nitrogen and oxygen atoms in total. The first kappa shape index (κ1) is 23.7. The Hall–Kier alpha value is -1.43. The number of nitrogens with zero attached hydrogens (tertiary/aromatic N) is 4. The predicted molar refractivity (Wildman–Crippen MR) is 121 cm³/mol. The summed E-state index contributed by atoms with van der Waals surface area (Å²) >= 11 is 5.95. The van der Waals surface area contributed by atoms with Crippen LogP contribution in [0.5, 0.6) is 0 Å². The van der Waals surface area contributed by atoms with Crippen LogP contribution in [0.1, 0.15) is 18.4 Å². The number of carbonyl (C=O) groups is 1. The molecule has 1 aromatic rings. The van der Waals surface area contributed by atoms with Crippen LogP contribution in [0.3, 0.4) is 0 Å². The lowest BCUT2D eigenvalue weighted by molar-refractivity contribution is 0.0424. The van der Waals surface area contributed by atoms with E-state index in [1.165, 1.54) is 0 Å². The zero-order valence-corrected chi connectivity index (χ0v) is 19.9. The summed E-state index contributed by atoms with van der Waals surface area (Å²) in [7, 11) is -2.00. The van der Waals surface area contributed by atoms with E-state index in [1.807, 2.05) is 24.3 Å². The molecule has 178 valence electrons. The highest BCUT2D eigenvalue weighted by Crippen LogP contribution is 2.32. The Labute approximate surface area is 195 Å². The zero-order valence-electron chi connectivity index (χ0n) is 18.4. The Balaban J connectivity index is 1.31. The van der Waals surface area contributed by atoms with Gasteiger partial charge in [0.1, 0.15) is 6.61 Å². The average Bonchev–Trinajstić information content (AvgIpc) is 3.05. The first-order valence-corrected chi connectivity index (χ1v) is 12.8. The second-order valence-electron chi connectivity index (χ2n) is 8.53. The highest BCUT2D eigenvalue weighted by molar-refractivity contribution is 7.86. The van der Waals surface area contributed by atoms with Gasteiger partial charge >= 0.3 is 6.09 Å². The van der Waals surface area contributed by atoms with Gasteiger partial charge < -0.3 is 9.47 Å². The third-order valence-corrected chi connectivity index (χ3v) is 8.70. The summed E-state index contributed by atoms with van der Waals surface area (Å²) in [6, 6.07) is 7.48. The minimum absolute atomic E-state index is 0.134.